The Morgan fingerprint density at radius 1 is 1.64 bits per heavy atom. The van der Waals surface area contributed by atoms with E-state index in [1.54, 1.807) is 0 Å². The summed E-state index contributed by atoms with van der Waals surface area (Å²) in [5, 5.41) is 17.0. The molecule has 0 aromatic carbocycles. The highest BCUT2D eigenvalue weighted by Gasteiger charge is 2.04. The Kier molecular flexibility index (Phi) is 7.11. The van der Waals surface area contributed by atoms with E-state index in [-0.39, 0.29) is 12.7 Å². The van der Waals surface area contributed by atoms with Gasteiger partial charge in [0.1, 0.15) is 0 Å². The lowest BCUT2D eigenvalue weighted by Crippen LogP contribution is -2.17. The summed E-state index contributed by atoms with van der Waals surface area (Å²) < 4.78 is 5.18. The highest BCUT2D eigenvalue weighted by molar-refractivity contribution is 4.69. The lowest BCUT2D eigenvalue weighted by Gasteiger charge is -2.12. The Labute approximate surface area is 67.6 Å². The zero-order valence-corrected chi connectivity index (χ0v) is 6.92. The zero-order valence-electron chi connectivity index (χ0n) is 6.92. The molecule has 0 saturated heterocycles. The molecule has 1 unspecified atom stereocenters. The van der Waals surface area contributed by atoms with Gasteiger partial charge in [-0.25, -0.2) is 0 Å². The second-order valence-corrected chi connectivity index (χ2v) is 2.31. The fourth-order valence-corrected chi connectivity index (χ4v) is 0.872. The first-order valence-electron chi connectivity index (χ1n) is 3.94. The summed E-state index contributed by atoms with van der Waals surface area (Å²) >= 11 is 0. The summed E-state index contributed by atoms with van der Waals surface area (Å²) in [5.41, 5.74) is 0. The molecule has 3 nitrogen and oxygen atoms in total. The normalized spacial score (nSPS) is 12.5. The van der Waals surface area contributed by atoms with Crippen molar-refractivity contribution in [1.82, 2.24) is 0 Å². The number of aliphatic hydroxyl groups is 1. The molecule has 0 fully saturated rings. The van der Waals surface area contributed by atoms with Crippen molar-refractivity contribution in [2.24, 2.45) is 0 Å². The Balaban J connectivity index is 3.29. The number of ether oxygens (including phenoxy) is 1. The van der Waals surface area contributed by atoms with Crippen molar-refractivity contribution in [3.8, 4) is 6.07 Å². The van der Waals surface area contributed by atoms with Crippen molar-refractivity contribution in [3.63, 3.8) is 0 Å². The smallest absolute Gasteiger partial charge is 0.0805 e. The Bertz CT molecular complexity index is 120. The van der Waals surface area contributed by atoms with Gasteiger partial charge in [-0.15, -0.1) is 0 Å². The molecule has 0 aromatic rings. The van der Waals surface area contributed by atoms with Crippen molar-refractivity contribution in [1.29, 1.82) is 5.26 Å². The van der Waals surface area contributed by atoms with E-state index in [2.05, 4.69) is 6.07 Å². The number of aliphatic hydroxyl groups excluding tert-OH is 1. The van der Waals surface area contributed by atoms with Crippen LogP contribution in [-0.4, -0.2) is 24.4 Å². The summed E-state index contributed by atoms with van der Waals surface area (Å²) in [4.78, 5) is 0. The Hall–Kier alpha value is -0.590. The molecule has 1 atom stereocenters. The van der Waals surface area contributed by atoms with Gasteiger partial charge in [-0.05, 0) is 19.8 Å². The van der Waals surface area contributed by atoms with Gasteiger partial charge in [0.05, 0.1) is 18.8 Å². The molecule has 0 aromatic heterocycles. The molecular weight excluding hydrogens is 142 g/mol. The minimum atomic E-state index is -0.0756. The third kappa shape index (κ3) is 5.84. The lowest BCUT2D eigenvalue weighted by molar-refractivity contribution is 0.0142. The number of unbranched alkanes of at least 4 members (excludes halogenated alkanes) is 1. The van der Waals surface area contributed by atoms with E-state index in [0.29, 0.717) is 13.0 Å². The Morgan fingerprint density at radius 3 is 2.82 bits per heavy atom. The SMILES string of the molecule is CCOC(CO)CCCC#N. The average Bonchev–Trinajstić information content (AvgIpc) is 2.03. The first-order chi connectivity index (χ1) is 5.35. The quantitative estimate of drug-likeness (QED) is 0.587. The highest BCUT2D eigenvalue weighted by atomic mass is 16.5. The van der Waals surface area contributed by atoms with E-state index in [1.807, 2.05) is 6.92 Å². The lowest BCUT2D eigenvalue weighted by atomic mass is 10.2. The number of nitrogens with zero attached hydrogens (tertiary/aromatic N) is 1. The summed E-state index contributed by atoms with van der Waals surface area (Å²) in [7, 11) is 0. The molecule has 3 heteroatoms. The van der Waals surface area contributed by atoms with Gasteiger partial charge in [0.25, 0.3) is 0 Å². The van der Waals surface area contributed by atoms with Crippen LogP contribution in [0.15, 0.2) is 0 Å². The van der Waals surface area contributed by atoms with Gasteiger partial charge in [-0.2, -0.15) is 5.26 Å². The van der Waals surface area contributed by atoms with Crippen molar-refractivity contribution in [2.75, 3.05) is 13.2 Å². The minimum absolute atomic E-state index is 0.0548. The predicted molar refractivity (Wildman–Crippen MR) is 42.0 cm³/mol. The summed E-state index contributed by atoms with van der Waals surface area (Å²) in [6.45, 7) is 2.57. The maximum absolute atomic E-state index is 8.75. The van der Waals surface area contributed by atoms with Gasteiger partial charge < -0.3 is 9.84 Å². The topological polar surface area (TPSA) is 53.2 Å². The van der Waals surface area contributed by atoms with E-state index < -0.39 is 0 Å². The number of hydrogen-bond donors (Lipinski definition) is 1. The van der Waals surface area contributed by atoms with Crippen molar-refractivity contribution in [2.45, 2.75) is 32.3 Å². The van der Waals surface area contributed by atoms with Crippen molar-refractivity contribution in [3.05, 3.63) is 0 Å². The molecule has 0 aliphatic rings. The van der Waals surface area contributed by atoms with Gasteiger partial charge in [0.2, 0.25) is 0 Å². The van der Waals surface area contributed by atoms with Crippen molar-refractivity contribution < 1.29 is 9.84 Å². The number of nitriles is 1. The van der Waals surface area contributed by atoms with Crippen LogP contribution < -0.4 is 0 Å². The van der Waals surface area contributed by atoms with Gasteiger partial charge >= 0.3 is 0 Å². The molecule has 0 aliphatic heterocycles. The maximum Gasteiger partial charge on any atom is 0.0805 e. The Morgan fingerprint density at radius 2 is 2.36 bits per heavy atom. The zero-order chi connectivity index (χ0) is 8.53. The third-order valence-electron chi connectivity index (χ3n) is 1.42. The molecule has 0 spiro atoms. The summed E-state index contributed by atoms with van der Waals surface area (Å²) in [6.07, 6.45) is 2.05. The largest absolute Gasteiger partial charge is 0.394 e. The molecule has 0 radical (unpaired) electrons. The van der Waals surface area contributed by atoms with Crippen LogP contribution in [0, 0.1) is 11.3 Å². The summed E-state index contributed by atoms with van der Waals surface area (Å²) in [6, 6.07) is 2.05. The van der Waals surface area contributed by atoms with E-state index in [9.17, 15) is 0 Å². The molecule has 0 heterocycles. The second kappa shape index (κ2) is 7.52. The fourth-order valence-electron chi connectivity index (χ4n) is 0.872. The van der Waals surface area contributed by atoms with Crippen molar-refractivity contribution >= 4 is 0 Å². The van der Waals surface area contributed by atoms with E-state index >= 15 is 0 Å². The average molecular weight is 157 g/mol. The molecule has 64 valence electrons. The van der Waals surface area contributed by atoms with Crippen LogP contribution in [0.4, 0.5) is 0 Å². The van der Waals surface area contributed by atoms with Gasteiger partial charge in [0.15, 0.2) is 0 Å². The highest BCUT2D eigenvalue weighted by Crippen LogP contribution is 2.03. The van der Waals surface area contributed by atoms with Crippen LogP contribution in [0.1, 0.15) is 26.2 Å². The van der Waals surface area contributed by atoms with Crippen LogP contribution in [0.3, 0.4) is 0 Å². The molecule has 11 heavy (non-hydrogen) atoms. The molecule has 0 aliphatic carbocycles. The number of rotatable bonds is 6. The molecule has 0 saturated carbocycles. The fraction of sp³-hybridized carbons (Fsp3) is 0.875. The molecule has 0 bridgehead atoms. The van der Waals surface area contributed by atoms with Crippen LogP contribution in [0.25, 0.3) is 0 Å². The minimum Gasteiger partial charge on any atom is -0.394 e. The third-order valence-corrected chi connectivity index (χ3v) is 1.42. The predicted octanol–water partition coefficient (Wildman–Crippen LogP) is 1.08. The van der Waals surface area contributed by atoms with Gasteiger partial charge in [0, 0.05) is 13.0 Å². The van der Waals surface area contributed by atoms with Gasteiger partial charge in [-0.3, -0.25) is 0 Å². The maximum atomic E-state index is 8.75. The van der Waals surface area contributed by atoms with Crippen LogP contribution in [-0.2, 0) is 4.74 Å². The van der Waals surface area contributed by atoms with Gasteiger partial charge in [-0.1, -0.05) is 0 Å². The second-order valence-electron chi connectivity index (χ2n) is 2.31. The van der Waals surface area contributed by atoms with Crippen LogP contribution >= 0.6 is 0 Å². The first-order valence-corrected chi connectivity index (χ1v) is 3.94. The van der Waals surface area contributed by atoms with E-state index in [0.717, 1.165) is 12.8 Å². The van der Waals surface area contributed by atoms with E-state index in [4.69, 9.17) is 15.1 Å². The van der Waals surface area contributed by atoms with Crippen LogP contribution in [0.5, 0.6) is 0 Å². The van der Waals surface area contributed by atoms with Crippen LogP contribution in [0.2, 0.25) is 0 Å². The summed E-state index contributed by atoms with van der Waals surface area (Å²) in [5.74, 6) is 0. The molecule has 1 N–H and O–H groups in total. The monoisotopic (exact) mass is 157 g/mol. The molecular formula is C8H15NO2. The molecule has 0 rings (SSSR count). The standard InChI is InChI=1S/C8H15NO2/c1-2-11-8(7-10)5-3-4-6-9/h8,10H,2-5,7H2,1H3. The number of hydrogen-bond acceptors (Lipinski definition) is 3. The first kappa shape index (κ1) is 10.4. The van der Waals surface area contributed by atoms with E-state index in [1.165, 1.54) is 0 Å². The molecule has 0 amide bonds.